The van der Waals surface area contributed by atoms with Gasteiger partial charge in [-0.3, -0.25) is 0 Å². The second kappa shape index (κ2) is 6.38. The van der Waals surface area contributed by atoms with Crippen molar-refractivity contribution in [3.05, 3.63) is 0 Å². The lowest BCUT2D eigenvalue weighted by molar-refractivity contribution is 0.0523. The molecular weight excluding hydrogens is 176 g/mol. The molecule has 2 rings (SSSR count). The first kappa shape index (κ1) is 12.0. The molecule has 1 heterocycles. The van der Waals surface area contributed by atoms with Gasteiger partial charge in [-0.15, -0.1) is 0 Å². The Balaban J connectivity index is 0.000000461. The number of hydrogen-bond donors (Lipinski definition) is 1. The molecule has 1 saturated carbocycles. The molecule has 1 aliphatic heterocycles. The van der Waals surface area contributed by atoms with Crippen molar-refractivity contribution >= 4 is 0 Å². The Labute approximate surface area is 87.6 Å². The van der Waals surface area contributed by atoms with Gasteiger partial charge in [0.1, 0.15) is 0 Å². The SMILES string of the molecule is CN.CN(CC1CCCO1)C1CCC1. The molecule has 2 fully saturated rings. The first-order chi connectivity index (χ1) is 6.86. The van der Waals surface area contributed by atoms with Crippen LogP contribution in [0.4, 0.5) is 0 Å². The topological polar surface area (TPSA) is 38.5 Å². The van der Waals surface area contributed by atoms with Gasteiger partial charge in [-0.1, -0.05) is 6.42 Å². The van der Waals surface area contributed by atoms with Crippen LogP contribution >= 0.6 is 0 Å². The molecule has 2 N–H and O–H groups in total. The fourth-order valence-corrected chi connectivity index (χ4v) is 2.09. The van der Waals surface area contributed by atoms with Crippen molar-refractivity contribution in [2.24, 2.45) is 5.73 Å². The number of nitrogens with two attached hydrogens (primary N) is 1. The fraction of sp³-hybridized carbons (Fsp3) is 1.00. The summed E-state index contributed by atoms with van der Waals surface area (Å²) in [4.78, 5) is 2.49. The molecule has 3 heteroatoms. The Kier molecular flexibility index (Phi) is 5.45. The molecule has 0 spiro atoms. The molecule has 1 unspecified atom stereocenters. The van der Waals surface area contributed by atoms with Crippen LogP contribution in [0.1, 0.15) is 32.1 Å². The normalized spacial score (nSPS) is 27.0. The molecule has 0 aromatic heterocycles. The average molecular weight is 200 g/mol. The van der Waals surface area contributed by atoms with Gasteiger partial charge in [-0.05, 0) is 39.8 Å². The van der Waals surface area contributed by atoms with Gasteiger partial charge in [0.05, 0.1) is 6.10 Å². The highest BCUT2D eigenvalue weighted by atomic mass is 16.5. The first-order valence-corrected chi connectivity index (χ1v) is 5.76. The largest absolute Gasteiger partial charge is 0.377 e. The van der Waals surface area contributed by atoms with E-state index in [0.717, 1.165) is 19.2 Å². The minimum absolute atomic E-state index is 0.538. The van der Waals surface area contributed by atoms with Crippen molar-refractivity contribution in [2.45, 2.75) is 44.2 Å². The average Bonchev–Trinajstić information content (AvgIpc) is 2.57. The van der Waals surface area contributed by atoms with E-state index in [-0.39, 0.29) is 0 Å². The van der Waals surface area contributed by atoms with Crippen molar-refractivity contribution in [1.82, 2.24) is 4.90 Å². The second-order valence-corrected chi connectivity index (χ2v) is 4.16. The summed E-state index contributed by atoms with van der Waals surface area (Å²) in [6.45, 7) is 2.15. The molecule has 0 bridgehead atoms. The van der Waals surface area contributed by atoms with Crippen molar-refractivity contribution in [1.29, 1.82) is 0 Å². The smallest absolute Gasteiger partial charge is 0.0702 e. The molecule has 14 heavy (non-hydrogen) atoms. The zero-order chi connectivity index (χ0) is 10.4. The van der Waals surface area contributed by atoms with Crippen molar-refractivity contribution in [2.75, 3.05) is 27.2 Å². The lowest BCUT2D eigenvalue weighted by Gasteiger charge is -2.35. The zero-order valence-electron chi connectivity index (χ0n) is 9.54. The molecule has 3 nitrogen and oxygen atoms in total. The molecule has 0 aromatic carbocycles. The van der Waals surface area contributed by atoms with Crippen LogP contribution in [0.2, 0.25) is 0 Å². The zero-order valence-corrected chi connectivity index (χ0v) is 9.54. The summed E-state index contributed by atoms with van der Waals surface area (Å²) in [6.07, 6.45) is 7.32. The van der Waals surface area contributed by atoms with E-state index >= 15 is 0 Å². The molecule has 1 saturated heterocycles. The van der Waals surface area contributed by atoms with Crippen LogP contribution in [-0.4, -0.2) is 44.3 Å². The number of nitrogens with zero attached hydrogens (tertiary/aromatic N) is 1. The van der Waals surface area contributed by atoms with Crippen LogP contribution in [0.3, 0.4) is 0 Å². The lowest BCUT2D eigenvalue weighted by atomic mass is 9.91. The molecule has 0 radical (unpaired) electrons. The molecule has 0 amide bonds. The van der Waals surface area contributed by atoms with Crippen LogP contribution in [-0.2, 0) is 4.74 Å². The summed E-state index contributed by atoms with van der Waals surface area (Å²) in [5.74, 6) is 0. The summed E-state index contributed by atoms with van der Waals surface area (Å²) < 4.78 is 5.60. The maximum Gasteiger partial charge on any atom is 0.0702 e. The number of rotatable bonds is 3. The molecular formula is C11H24N2O. The molecule has 84 valence electrons. The van der Waals surface area contributed by atoms with Crippen molar-refractivity contribution in [3.8, 4) is 0 Å². The third kappa shape index (κ3) is 3.23. The predicted octanol–water partition coefficient (Wildman–Crippen LogP) is 1.22. The third-order valence-electron chi connectivity index (χ3n) is 3.21. The Morgan fingerprint density at radius 1 is 1.21 bits per heavy atom. The molecule has 2 aliphatic rings. The maximum atomic E-state index is 5.60. The summed E-state index contributed by atoms with van der Waals surface area (Å²) in [5, 5.41) is 0. The minimum Gasteiger partial charge on any atom is -0.377 e. The van der Waals surface area contributed by atoms with Gasteiger partial charge in [0, 0.05) is 19.2 Å². The summed E-state index contributed by atoms with van der Waals surface area (Å²) in [7, 11) is 3.74. The summed E-state index contributed by atoms with van der Waals surface area (Å²) in [5.41, 5.74) is 4.50. The summed E-state index contributed by atoms with van der Waals surface area (Å²) >= 11 is 0. The minimum atomic E-state index is 0.538. The summed E-state index contributed by atoms with van der Waals surface area (Å²) in [6, 6.07) is 0.870. The van der Waals surface area contributed by atoms with Crippen LogP contribution < -0.4 is 5.73 Å². The molecule has 1 aliphatic carbocycles. The predicted molar refractivity (Wildman–Crippen MR) is 59.4 cm³/mol. The van der Waals surface area contributed by atoms with Gasteiger partial charge in [0.25, 0.3) is 0 Å². The van der Waals surface area contributed by atoms with Gasteiger partial charge >= 0.3 is 0 Å². The molecule has 1 atom stereocenters. The Morgan fingerprint density at radius 3 is 2.36 bits per heavy atom. The first-order valence-electron chi connectivity index (χ1n) is 5.76. The van der Waals surface area contributed by atoms with Gasteiger partial charge in [0.2, 0.25) is 0 Å². The van der Waals surface area contributed by atoms with Crippen LogP contribution in [0.5, 0.6) is 0 Å². The van der Waals surface area contributed by atoms with E-state index in [1.54, 1.807) is 0 Å². The lowest BCUT2D eigenvalue weighted by Crippen LogP contribution is -2.41. The van der Waals surface area contributed by atoms with Gasteiger partial charge in [-0.25, -0.2) is 0 Å². The van der Waals surface area contributed by atoms with E-state index < -0.39 is 0 Å². The highest BCUT2D eigenvalue weighted by Crippen LogP contribution is 2.24. The van der Waals surface area contributed by atoms with E-state index in [1.165, 1.54) is 39.2 Å². The Morgan fingerprint density at radius 2 is 1.93 bits per heavy atom. The number of likely N-dealkylation sites (N-methyl/N-ethyl adjacent to an activating group) is 1. The highest BCUT2D eigenvalue weighted by Gasteiger charge is 2.25. The van der Waals surface area contributed by atoms with E-state index in [0.29, 0.717) is 6.10 Å². The maximum absolute atomic E-state index is 5.60. The van der Waals surface area contributed by atoms with E-state index in [1.807, 2.05) is 0 Å². The van der Waals surface area contributed by atoms with Crippen LogP contribution in [0.25, 0.3) is 0 Å². The van der Waals surface area contributed by atoms with E-state index in [4.69, 9.17) is 4.74 Å². The Bertz CT molecular complexity index is 142. The van der Waals surface area contributed by atoms with Crippen molar-refractivity contribution in [3.63, 3.8) is 0 Å². The van der Waals surface area contributed by atoms with Crippen LogP contribution in [0.15, 0.2) is 0 Å². The van der Waals surface area contributed by atoms with Gasteiger partial charge in [0.15, 0.2) is 0 Å². The quantitative estimate of drug-likeness (QED) is 0.744. The van der Waals surface area contributed by atoms with E-state index in [9.17, 15) is 0 Å². The highest BCUT2D eigenvalue weighted by molar-refractivity contribution is 4.80. The van der Waals surface area contributed by atoms with Gasteiger partial charge in [-0.2, -0.15) is 0 Å². The van der Waals surface area contributed by atoms with Crippen LogP contribution in [0, 0.1) is 0 Å². The van der Waals surface area contributed by atoms with E-state index in [2.05, 4.69) is 17.7 Å². The third-order valence-corrected chi connectivity index (χ3v) is 3.21. The van der Waals surface area contributed by atoms with Gasteiger partial charge < -0.3 is 15.4 Å². The van der Waals surface area contributed by atoms with Crippen molar-refractivity contribution < 1.29 is 4.74 Å². The monoisotopic (exact) mass is 200 g/mol. The standard InChI is InChI=1S/C10H19NO.CH5N/c1-11(9-4-2-5-9)8-10-6-3-7-12-10;1-2/h9-10H,2-8H2,1H3;2H2,1H3. The number of hydrogen-bond acceptors (Lipinski definition) is 3. The number of ether oxygens (including phenoxy) is 1. The Hall–Kier alpha value is -0.120. The second-order valence-electron chi connectivity index (χ2n) is 4.16. The molecule has 0 aromatic rings. The fourth-order valence-electron chi connectivity index (χ4n) is 2.09.